The number of nitrogens with zero attached hydrogens (tertiary/aromatic N) is 2. The van der Waals surface area contributed by atoms with Crippen molar-refractivity contribution in [1.82, 2.24) is 10.3 Å². The van der Waals surface area contributed by atoms with Crippen molar-refractivity contribution in [2.45, 2.75) is 13.5 Å². The molecule has 2 heterocycles. The number of pyridine rings is 1. The second-order valence-corrected chi connectivity index (χ2v) is 5.35. The number of ether oxygens (including phenoxy) is 2. The van der Waals surface area contributed by atoms with Gasteiger partial charge in [0.05, 0.1) is 0 Å². The van der Waals surface area contributed by atoms with E-state index in [0.717, 1.165) is 11.3 Å². The molecule has 1 aliphatic heterocycles. The summed E-state index contributed by atoms with van der Waals surface area (Å²) in [6.07, 6.45) is 1.34. The lowest BCUT2D eigenvalue weighted by Gasteiger charge is -2.06. The van der Waals surface area contributed by atoms with E-state index in [4.69, 9.17) is 9.47 Å². The Balaban J connectivity index is 1.60. The van der Waals surface area contributed by atoms with E-state index in [2.05, 4.69) is 15.6 Å². The standard InChI is InChI=1S/C18H16N4O3/c1-12-3-2-4-17(22-12)20-10-14(8-19)18(23)21-9-13-5-6-15-16(7-13)25-11-24-15/h2-7,10H,9,11H2,1H3,(H,20,22)(H,21,23)/b14-10-. The summed E-state index contributed by atoms with van der Waals surface area (Å²) in [6.45, 7) is 2.33. The third kappa shape index (κ3) is 4.06. The lowest BCUT2D eigenvalue weighted by molar-refractivity contribution is -0.117. The molecule has 7 nitrogen and oxygen atoms in total. The van der Waals surface area contributed by atoms with Crippen molar-refractivity contribution < 1.29 is 14.3 Å². The van der Waals surface area contributed by atoms with Gasteiger partial charge in [-0.25, -0.2) is 4.98 Å². The molecule has 1 aromatic carbocycles. The zero-order chi connectivity index (χ0) is 17.6. The molecule has 0 aliphatic carbocycles. The Morgan fingerprint density at radius 1 is 1.32 bits per heavy atom. The van der Waals surface area contributed by atoms with Crippen molar-refractivity contribution in [1.29, 1.82) is 5.26 Å². The minimum atomic E-state index is -0.472. The first-order valence-electron chi connectivity index (χ1n) is 7.63. The number of benzene rings is 1. The van der Waals surface area contributed by atoms with Crippen LogP contribution in [-0.4, -0.2) is 17.7 Å². The number of fused-ring (bicyclic) bond motifs is 1. The fraction of sp³-hybridized carbons (Fsp3) is 0.167. The van der Waals surface area contributed by atoms with Crippen LogP contribution in [0.4, 0.5) is 5.82 Å². The van der Waals surface area contributed by atoms with Gasteiger partial charge in [0.25, 0.3) is 5.91 Å². The van der Waals surface area contributed by atoms with E-state index in [9.17, 15) is 10.1 Å². The van der Waals surface area contributed by atoms with E-state index in [1.807, 2.05) is 31.2 Å². The topological polar surface area (TPSA) is 96.3 Å². The largest absolute Gasteiger partial charge is 0.454 e. The van der Waals surface area contributed by atoms with Crippen LogP contribution in [0.25, 0.3) is 0 Å². The predicted octanol–water partition coefficient (Wildman–Crippen LogP) is 2.25. The number of anilines is 1. The van der Waals surface area contributed by atoms with Gasteiger partial charge in [0, 0.05) is 18.4 Å². The number of aromatic nitrogens is 1. The van der Waals surface area contributed by atoms with E-state index < -0.39 is 5.91 Å². The zero-order valence-electron chi connectivity index (χ0n) is 13.6. The van der Waals surface area contributed by atoms with Crippen molar-refractivity contribution in [3.8, 4) is 17.6 Å². The number of hydrogen-bond acceptors (Lipinski definition) is 6. The highest BCUT2D eigenvalue weighted by molar-refractivity contribution is 5.97. The normalized spacial score (nSPS) is 12.4. The summed E-state index contributed by atoms with van der Waals surface area (Å²) in [4.78, 5) is 16.4. The van der Waals surface area contributed by atoms with Gasteiger partial charge in [-0.05, 0) is 36.8 Å². The summed E-state index contributed by atoms with van der Waals surface area (Å²) >= 11 is 0. The third-order valence-electron chi connectivity index (χ3n) is 3.51. The number of aryl methyl sites for hydroxylation is 1. The Kier molecular flexibility index (Phi) is 4.81. The number of nitrogens with one attached hydrogen (secondary N) is 2. The first-order chi connectivity index (χ1) is 12.2. The van der Waals surface area contributed by atoms with Crippen LogP contribution in [0, 0.1) is 18.3 Å². The summed E-state index contributed by atoms with van der Waals surface area (Å²) in [6, 6.07) is 12.7. The number of amides is 1. The quantitative estimate of drug-likeness (QED) is 0.642. The SMILES string of the molecule is Cc1cccc(N/C=C(/C#N)C(=O)NCc2ccc3c(c2)OCO3)n1. The minimum absolute atomic E-state index is 0.0379. The van der Waals surface area contributed by atoms with Crippen molar-refractivity contribution in [2.75, 3.05) is 12.1 Å². The number of hydrogen-bond donors (Lipinski definition) is 2. The van der Waals surface area contributed by atoms with Crippen LogP contribution in [0.15, 0.2) is 48.2 Å². The van der Waals surface area contributed by atoms with Crippen LogP contribution in [0.5, 0.6) is 11.5 Å². The van der Waals surface area contributed by atoms with Crippen LogP contribution in [-0.2, 0) is 11.3 Å². The number of carbonyl (C=O) groups excluding carboxylic acids is 1. The molecule has 0 radical (unpaired) electrons. The molecule has 0 spiro atoms. The van der Waals surface area contributed by atoms with Gasteiger partial charge in [-0.3, -0.25) is 4.79 Å². The maximum atomic E-state index is 12.2. The third-order valence-corrected chi connectivity index (χ3v) is 3.51. The van der Waals surface area contributed by atoms with Gasteiger partial charge in [-0.15, -0.1) is 0 Å². The van der Waals surface area contributed by atoms with Gasteiger partial charge in [0.2, 0.25) is 6.79 Å². The molecule has 3 rings (SSSR count). The molecule has 25 heavy (non-hydrogen) atoms. The summed E-state index contributed by atoms with van der Waals surface area (Å²) in [5.74, 6) is 1.43. The molecule has 1 aliphatic rings. The molecular weight excluding hydrogens is 320 g/mol. The van der Waals surface area contributed by atoms with Crippen LogP contribution in [0.2, 0.25) is 0 Å². The van der Waals surface area contributed by atoms with Crippen molar-refractivity contribution >= 4 is 11.7 Å². The van der Waals surface area contributed by atoms with Gasteiger partial charge >= 0.3 is 0 Å². The van der Waals surface area contributed by atoms with E-state index in [1.165, 1.54) is 6.20 Å². The lowest BCUT2D eigenvalue weighted by Crippen LogP contribution is -2.24. The molecule has 0 bridgehead atoms. The Labute approximate surface area is 144 Å². The van der Waals surface area contributed by atoms with Gasteiger partial charge < -0.3 is 20.1 Å². The highest BCUT2D eigenvalue weighted by Gasteiger charge is 2.14. The summed E-state index contributed by atoms with van der Waals surface area (Å²) < 4.78 is 10.5. The molecule has 2 aromatic rings. The van der Waals surface area contributed by atoms with E-state index in [1.54, 1.807) is 18.2 Å². The van der Waals surface area contributed by atoms with Crippen LogP contribution in [0.1, 0.15) is 11.3 Å². The van der Waals surface area contributed by atoms with Crippen molar-refractivity contribution in [3.05, 3.63) is 59.4 Å². The Morgan fingerprint density at radius 3 is 2.96 bits per heavy atom. The Morgan fingerprint density at radius 2 is 2.16 bits per heavy atom. The van der Waals surface area contributed by atoms with Crippen molar-refractivity contribution in [2.24, 2.45) is 0 Å². The average Bonchev–Trinajstić information content (AvgIpc) is 3.08. The van der Waals surface area contributed by atoms with Gasteiger partial charge in [0.15, 0.2) is 11.5 Å². The predicted molar refractivity (Wildman–Crippen MR) is 90.7 cm³/mol. The maximum Gasteiger partial charge on any atom is 0.263 e. The molecule has 0 unspecified atom stereocenters. The number of nitriles is 1. The fourth-order valence-corrected chi connectivity index (χ4v) is 2.25. The lowest BCUT2D eigenvalue weighted by atomic mass is 10.2. The van der Waals surface area contributed by atoms with E-state index in [-0.39, 0.29) is 18.9 Å². The highest BCUT2D eigenvalue weighted by Crippen LogP contribution is 2.32. The molecule has 1 amide bonds. The molecule has 0 atom stereocenters. The second kappa shape index (κ2) is 7.36. The highest BCUT2D eigenvalue weighted by atomic mass is 16.7. The monoisotopic (exact) mass is 336 g/mol. The van der Waals surface area contributed by atoms with Gasteiger partial charge in [-0.2, -0.15) is 5.26 Å². The minimum Gasteiger partial charge on any atom is -0.454 e. The molecule has 0 saturated heterocycles. The molecule has 1 aromatic heterocycles. The van der Waals surface area contributed by atoms with Crippen LogP contribution in [0.3, 0.4) is 0 Å². The van der Waals surface area contributed by atoms with Crippen LogP contribution >= 0.6 is 0 Å². The van der Waals surface area contributed by atoms with E-state index >= 15 is 0 Å². The molecule has 7 heteroatoms. The molecule has 0 saturated carbocycles. The Hall–Kier alpha value is -3.53. The second-order valence-electron chi connectivity index (χ2n) is 5.35. The van der Waals surface area contributed by atoms with E-state index in [0.29, 0.717) is 17.3 Å². The number of carbonyl (C=O) groups is 1. The molecule has 126 valence electrons. The first kappa shape index (κ1) is 16.3. The molecule has 2 N–H and O–H groups in total. The average molecular weight is 336 g/mol. The Bertz CT molecular complexity index is 871. The summed E-state index contributed by atoms with van der Waals surface area (Å²) in [5, 5.41) is 14.7. The molecular formula is C18H16N4O3. The molecule has 0 fully saturated rings. The maximum absolute atomic E-state index is 12.2. The van der Waals surface area contributed by atoms with Gasteiger partial charge in [-0.1, -0.05) is 12.1 Å². The summed E-state index contributed by atoms with van der Waals surface area (Å²) in [5.41, 5.74) is 1.65. The first-order valence-corrected chi connectivity index (χ1v) is 7.63. The van der Waals surface area contributed by atoms with Gasteiger partial charge in [0.1, 0.15) is 17.5 Å². The summed E-state index contributed by atoms with van der Waals surface area (Å²) in [7, 11) is 0. The fourth-order valence-electron chi connectivity index (χ4n) is 2.25. The smallest absolute Gasteiger partial charge is 0.263 e. The zero-order valence-corrected chi connectivity index (χ0v) is 13.6. The van der Waals surface area contributed by atoms with Crippen LogP contribution < -0.4 is 20.1 Å². The number of rotatable bonds is 5. The van der Waals surface area contributed by atoms with Crippen molar-refractivity contribution in [3.63, 3.8) is 0 Å².